The Labute approximate surface area is 178 Å². The van der Waals surface area contributed by atoms with Crippen molar-refractivity contribution in [2.24, 2.45) is 5.10 Å². The zero-order valence-corrected chi connectivity index (χ0v) is 18.0. The number of hydrazone groups is 1. The van der Waals surface area contributed by atoms with Crippen molar-refractivity contribution in [3.8, 4) is 11.5 Å². The molecule has 0 aliphatic heterocycles. The molecule has 1 N–H and O–H groups in total. The predicted octanol–water partition coefficient (Wildman–Crippen LogP) is 4.35. The van der Waals surface area contributed by atoms with Crippen molar-refractivity contribution >= 4 is 32.2 Å². The molecule has 0 radical (unpaired) electrons. The molecule has 0 saturated carbocycles. The van der Waals surface area contributed by atoms with Gasteiger partial charge in [0.15, 0.2) is 11.5 Å². The Bertz CT molecular complexity index is 1090. The van der Waals surface area contributed by atoms with Gasteiger partial charge in [-0.1, -0.05) is 46.3 Å². The fourth-order valence-corrected chi connectivity index (χ4v) is 3.52. The summed E-state index contributed by atoms with van der Waals surface area (Å²) in [6.07, 6.45) is 1.40. The lowest BCUT2D eigenvalue weighted by Crippen LogP contribution is -2.18. The van der Waals surface area contributed by atoms with Crippen LogP contribution in [-0.4, -0.2) is 21.7 Å². The molecular formula is C21H19BrN2O4S. The second-order valence-corrected chi connectivity index (χ2v) is 8.57. The first-order valence-corrected chi connectivity index (χ1v) is 10.9. The van der Waals surface area contributed by atoms with Crippen LogP contribution in [0.4, 0.5) is 0 Å². The number of nitrogens with one attached hydrogen (secondary N) is 1. The van der Waals surface area contributed by atoms with Crippen LogP contribution in [0.3, 0.4) is 0 Å². The van der Waals surface area contributed by atoms with E-state index in [0.29, 0.717) is 23.7 Å². The van der Waals surface area contributed by atoms with Crippen LogP contribution < -0.4 is 14.3 Å². The third-order valence-electron chi connectivity index (χ3n) is 3.94. The highest BCUT2D eigenvalue weighted by molar-refractivity contribution is 9.10. The fourth-order valence-electron chi connectivity index (χ4n) is 2.45. The van der Waals surface area contributed by atoms with Crippen molar-refractivity contribution < 1.29 is 17.9 Å². The smallest absolute Gasteiger partial charge is 0.276 e. The first kappa shape index (κ1) is 20.9. The highest BCUT2D eigenvalue weighted by Gasteiger charge is 2.11. The molecule has 0 aliphatic rings. The van der Waals surface area contributed by atoms with Gasteiger partial charge in [0.05, 0.1) is 18.2 Å². The SMILES string of the molecule is COc1cc(/C=N/NS(=O)(=O)c2ccccc2)ccc1OCc1ccc(Br)cc1. The van der Waals surface area contributed by atoms with E-state index in [-0.39, 0.29) is 4.90 Å². The summed E-state index contributed by atoms with van der Waals surface area (Å²) in [6.45, 7) is 0.397. The van der Waals surface area contributed by atoms with Gasteiger partial charge in [-0.3, -0.25) is 0 Å². The second-order valence-electron chi connectivity index (χ2n) is 5.99. The van der Waals surface area contributed by atoms with E-state index in [1.165, 1.54) is 18.3 Å². The van der Waals surface area contributed by atoms with Crippen molar-refractivity contribution in [3.05, 3.63) is 88.4 Å². The van der Waals surface area contributed by atoms with Crippen LogP contribution in [0.2, 0.25) is 0 Å². The third-order valence-corrected chi connectivity index (χ3v) is 5.70. The molecule has 3 aromatic rings. The zero-order valence-electron chi connectivity index (χ0n) is 15.6. The van der Waals surface area contributed by atoms with Gasteiger partial charge < -0.3 is 9.47 Å². The molecule has 6 nitrogen and oxygen atoms in total. The first-order valence-electron chi connectivity index (χ1n) is 8.63. The summed E-state index contributed by atoms with van der Waals surface area (Å²) in [5, 5.41) is 3.83. The number of rotatable bonds is 8. The molecule has 150 valence electrons. The number of sulfonamides is 1. The van der Waals surface area contributed by atoms with E-state index < -0.39 is 10.0 Å². The molecule has 0 fully saturated rings. The van der Waals surface area contributed by atoms with E-state index in [0.717, 1.165) is 10.0 Å². The van der Waals surface area contributed by atoms with Crippen molar-refractivity contribution in [3.63, 3.8) is 0 Å². The lowest BCUT2D eigenvalue weighted by atomic mass is 10.2. The average Bonchev–Trinajstić information content (AvgIpc) is 2.74. The van der Waals surface area contributed by atoms with Gasteiger partial charge in [0.1, 0.15) is 6.61 Å². The molecular weight excluding hydrogens is 456 g/mol. The molecule has 0 aliphatic carbocycles. The largest absolute Gasteiger partial charge is 0.493 e. The van der Waals surface area contributed by atoms with Gasteiger partial charge in [-0.15, -0.1) is 0 Å². The summed E-state index contributed by atoms with van der Waals surface area (Å²) in [6, 6.07) is 21.1. The van der Waals surface area contributed by atoms with E-state index in [1.807, 2.05) is 24.3 Å². The van der Waals surface area contributed by atoms with Gasteiger partial charge in [0.2, 0.25) is 0 Å². The number of hydrogen-bond donors (Lipinski definition) is 1. The van der Waals surface area contributed by atoms with Crippen LogP contribution in [0.15, 0.2) is 87.3 Å². The predicted molar refractivity (Wildman–Crippen MR) is 116 cm³/mol. The van der Waals surface area contributed by atoms with Crippen LogP contribution in [0.25, 0.3) is 0 Å². The molecule has 0 amide bonds. The van der Waals surface area contributed by atoms with Crippen molar-refractivity contribution in [2.75, 3.05) is 7.11 Å². The molecule has 0 spiro atoms. The normalized spacial score (nSPS) is 11.4. The maximum Gasteiger partial charge on any atom is 0.276 e. The molecule has 0 unspecified atom stereocenters. The molecule has 29 heavy (non-hydrogen) atoms. The molecule has 0 saturated heterocycles. The lowest BCUT2D eigenvalue weighted by Gasteiger charge is -2.11. The minimum atomic E-state index is -3.70. The number of nitrogens with zero attached hydrogens (tertiary/aromatic N) is 1. The maximum absolute atomic E-state index is 12.2. The summed E-state index contributed by atoms with van der Waals surface area (Å²) >= 11 is 3.40. The first-order chi connectivity index (χ1) is 14.0. The molecule has 0 atom stereocenters. The molecule has 0 heterocycles. The van der Waals surface area contributed by atoms with E-state index in [4.69, 9.17) is 9.47 Å². The fraction of sp³-hybridized carbons (Fsp3) is 0.0952. The van der Waals surface area contributed by atoms with E-state index >= 15 is 0 Å². The van der Waals surface area contributed by atoms with Crippen molar-refractivity contribution in [1.82, 2.24) is 4.83 Å². The lowest BCUT2D eigenvalue weighted by molar-refractivity contribution is 0.284. The van der Waals surface area contributed by atoms with E-state index in [2.05, 4.69) is 25.9 Å². The Morgan fingerprint density at radius 2 is 1.72 bits per heavy atom. The van der Waals surface area contributed by atoms with Gasteiger partial charge in [-0.05, 0) is 53.6 Å². The quantitative estimate of drug-likeness (QED) is 0.388. The van der Waals surface area contributed by atoms with Crippen LogP contribution in [0, 0.1) is 0 Å². The molecule has 8 heteroatoms. The van der Waals surface area contributed by atoms with E-state index in [1.54, 1.807) is 43.5 Å². The standard InChI is InChI=1S/C21H19BrN2O4S/c1-27-21-13-17(14-23-24-29(25,26)19-5-3-2-4-6-19)9-12-20(21)28-15-16-7-10-18(22)11-8-16/h2-14,24H,15H2,1H3/b23-14+. The van der Waals surface area contributed by atoms with Gasteiger partial charge in [-0.25, -0.2) is 4.83 Å². The Morgan fingerprint density at radius 3 is 2.41 bits per heavy atom. The Kier molecular flexibility index (Phi) is 6.90. The van der Waals surface area contributed by atoms with Crippen molar-refractivity contribution in [2.45, 2.75) is 11.5 Å². The molecule has 0 aromatic heterocycles. The Balaban J connectivity index is 1.66. The number of hydrogen-bond acceptors (Lipinski definition) is 5. The van der Waals surface area contributed by atoms with E-state index in [9.17, 15) is 8.42 Å². The minimum absolute atomic E-state index is 0.145. The van der Waals surface area contributed by atoms with Crippen molar-refractivity contribution in [1.29, 1.82) is 0 Å². The third kappa shape index (κ3) is 5.82. The highest BCUT2D eigenvalue weighted by atomic mass is 79.9. The Hall–Kier alpha value is -2.84. The number of halogens is 1. The van der Waals surface area contributed by atoms with Crippen LogP contribution >= 0.6 is 15.9 Å². The maximum atomic E-state index is 12.2. The van der Waals surface area contributed by atoms with Gasteiger partial charge >= 0.3 is 0 Å². The van der Waals surface area contributed by atoms with Gasteiger partial charge in [-0.2, -0.15) is 13.5 Å². The average molecular weight is 475 g/mol. The summed E-state index contributed by atoms with van der Waals surface area (Å²) in [5.41, 5.74) is 1.69. The molecule has 3 rings (SSSR count). The second kappa shape index (κ2) is 9.58. The molecule has 3 aromatic carbocycles. The highest BCUT2D eigenvalue weighted by Crippen LogP contribution is 2.28. The molecule has 0 bridgehead atoms. The summed E-state index contributed by atoms with van der Waals surface area (Å²) in [4.78, 5) is 2.34. The zero-order chi connectivity index (χ0) is 20.7. The summed E-state index contributed by atoms with van der Waals surface area (Å²) < 4.78 is 36.5. The van der Waals surface area contributed by atoms with Crippen LogP contribution in [-0.2, 0) is 16.6 Å². The number of methoxy groups -OCH3 is 1. The van der Waals surface area contributed by atoms with Crippen LogP contribution in [0.5, 0.6) is 11.5 Å². The minimum Gasteiger partial charge on any atom is -0.493 e. The number of benzene rings is 3. The van der Waals surface area contributed by atoms with Gasteiger partial charge in [0.25, 0.3) is 10.0 Å². The van der Waals surface area contributed by atoms with Gasteiger partial charge in [0, 0.05) is 4.47 Å². The summed E-state index contributed by atoms with van der Waals surface area (Å²) in [5.74, 6) is 1.11. The summed E-state index contributed by atoms with van der Waals surface area (Å²) in [7, 11) is -2.16. The Morgan fingerprint density at radius 1 is 1.00 bits per heavy atom. The monoisotopic (exact) mass is 474 g/mol. The topological polar surface area (TPSA) is 77.0 Å². The number of ether oxygens (including phenoxy) is 2. The van der Waals surface area contributed by atoms with Crippen LogP contribution in [0.1, 0.15) is 11.1 Å².